The van der Waals surface area contributed by atoms with Crippen LogP contribution in [-0.2, 0) is 0 Å². The minimum absolute atomic E-state index is 1.30. The number of rotatable bonds is 33. The van der Waals surface area contributed by atoms with E-state index in [0.29, 0.717) is 0 Å². The lowest BCUT2D eigenvalue weighted by molar-refractivity contribution is 0.314. The van der Waals surface area contributed by atoms with E-state index in [-0.39, 0.29) is 0 Å². The van der Waals surface area contributed by atoms with Crippen molar-refractivity contribution in [1.82, 2.24) is 4.90 Å². The van der Waals surface area contributed by atoms with Crippen LogP contribution in [0, 0.1) is 0 Å². The summed E-state index contributed by atoms with van der Waals surface area (Å²) < 4.78 is 0. The Morgan fingerprint density at radius 1 is 0.316 bits per heavy atom. The number of unbranched alkanes of at least 4 members (excludes halogenated alkanes) is 27. The van der Waals surface area contributed by atoms with Crippen molar-refractivity contribution in [2.45, 2.75) is 206 Å². The van der Waals surface area contributed by atoms with E-state index in [4.69, 9.17) is 0 Å². The second-order valence-electron chi connectivity index (χ2n) is 12.5. The lowest BCUT2D eigenvalue weighted by atomic mass is 10.0. The molecule has 0 aliphatic rings. The van der Waals surface area contributed by atoms with Crippen LogP contribution in [0.4, 0.5) is 0 Å². The molecule has 0 fully saturated rings. The average Bonchev–Trinajstić information content (AvgIpc) is 2.92. The van der Waals surface area contributed by atoms with Crippen molar-refractivity contribution in [1.29, 1.82) is 0 Å². The maximum atomic E-state index is 2.58. The number of nitrogens with zero attached hydrogens (tertiary/aromatic N) is 1. The van der Waals surface area contributed by atoms with Crippen molar-refractivity contribution < 1.29 is 0 Å². The fraction of sp³-hybridized carbons (Fsp3) is 0.946. The van der Waals surface area contributed by atoms with Crippen LogP contribution >= 0.6 is 0 Å². The smallest absolute Gasteiger partial charge is 0.00218 e. The first-order chi connectivity index (χ1) is 18.8. The Balaban J connectivity index is 3.18. The third kappa shape index (κ3) is 33.7. The normalized spacial score (nSPS) is 11.9. The first kappa shape index (κ1) is 37.7. The van der Waals surface area contributed by atoms with Gasteiger partial charge in [-0.3, -0.25) is 0 Å². The zero-order valence-electron chi connectivity index (χ0n) is 27.2. The summed E-state index contributed by atoms with van der Waals surface area (Å²) in [6, 6.07) is 0. The summed E-state index contributed by atoms with van der Waals surface area (Å²) in [6.07, 6.45) is 47.9. The zero-order chi connectivity index (χ0) is 27.6. The van der Waals surface area contributed by atoms with E-state index in [1.807, 2.05) is 0 Å². The van der Waals surface area contributed by atoms with Gasteiger partial charge in [0.25, 0.3) is 0 Å². The summed E-state index contributed by atoms with van der Waals surface area (Å²) in [7, 11) is 2.34. The summed E-state index contributed by atoms with van der Waals surface area (Å²) >= 11 is 0. The van der Waals surface area contributed by atoms with E-state index in [1.165, 1.54) is 206 Å². The predicted molar refractivity (Wildman–Crippen MR) is 176 cm³/mol. The Hall–Kier alpha value is -0.300. The highest BCUT2D eigenvalue weighted by atomic mass is 15.1. The van der Waals surface area contributed by atoms with Gasteiger partial charge < -0.3 is 4.90 Å². The van der Waals surface area contributed by atoms with Gasteiger partial charge in [-0.1, -0.05) is 180 Å². The third-order valence-corrected chi connectivity index (χ3v) is 8.45. The molecule has 0 aromatic rings. The van der Waals surface area contributed by atoms with Gasteiger partial charge in [-0.15, -0.1) is 0 Å². The largest absolute Gasteiger partial charge is 0.306 e. The average molecular weight is 534 g/mol. The summed E-state index contributed by atoms with van der Waals surface area (Å²) in [5, 5.41) is 0. The first-order valence-corrected chi connectivity index (χ1v) is 18.1. The minimum atomic E-state index is 1.30. The van der Waals surface area contributed by atoms with Crippen LogP contribution in [0.2, 0.25) is 0 Å². The summed E-state index contributed by atoms with van der Waals surface area (Å²) in [6.45, 7) is 7.22. The molecule has 0 unspecified atom stereocenters. The summed E-state index contributed by atoms with van der Waals surface area (Å²) in [5.74, 6) is 0. The molecule has 0 radical (unpaired) electrons. The van der Waals surface area contributed by atoms with E-state index in [0.717, 1.165) is 0 Å². The molecule has 0 bridgehead atoms. The van der Waals surface area contributed by atoms with E-state index in [1.54, 1.807) is 0 Å². The van der Waals surface area contributed by atoms with Crippen LogP contribution < -0.4 is 0 Å². The minimum Gasteiger partial charge on any atom is -0.306 e. The van der Waals surface area contributed by atoms with Gasteiger partial charge >= 0.3 is 0 Å². The molecule has 0 saturated carbocycles. The Bertz CT molecular complexity index is 428. The first-order valence-electron chi connectivity index (χ1n) is 18.1. The Labute approximate surface area is 243 Å². The molecule has 1 heteroatoms. The van der Waals surface area contributed by atoms with Crippen LogP contribution in [-0.4, -0.2) is 25.0 Å². The van der Waals surface area contributed by atoms with Gasteiger partial charge in [0.15, 0.2) is 0 Å². The summed E-state index contributed by atoms with van der Waals surface area (Å²) in [4.78, 5) is 2.58. The topological polar surface area (TPSA) is 3.24 Å². The zero-order valence-corrected chi connectivity index (χ0v) is 27.2. The highest BCUT2D eigenvalue weighted by Crippen LogP contribution is 2.14. The molecule has 0 rings (SSSR count). The Morgan fingerprint density at radius 3 is 0.842 bits per heavy atom. The van der Waals surface area contributed by atoms with Crippen molar-refractivity contribution in [3.8, 4) is 0 Å². The molecule has 0 aromatic carbocycles. The van der Waals surface area contributed by atoms with Crippen molar-refractivity contribution in [2.75, 3.05) is 20.1 Å². The van der Waals surface area contributed by atoms with Crippen LogP contribution in [0.5, 0.6) is 0 Å². The molecule has 0 N–H and O–H groups in total. The third-order valence-electron chi connectivity index (χ3n) is 8.45. The van der Waals surface area contributed by atoms with Crippen molar-refractivity contribution in [3.05, 3.63) is 12.2 Å². The van der Waals surface area contributed by atoms with Gasteiger partial charge in [0.05, 0.1) is 0 Å². The van der Waals surface area contributed by atoms with E-state index in [9.17, 15) is 0 Å². The molecule has 228 valence electrons. The number of allylic oxidation sites excluding steroid dienone is 2. The predicted octanol–water partition coefficient (Wildman–Crippen LogP) is 13.2. The second-order valence-corrected chi connectivity index (χ2v) is 12.5. The molecule has 0 aromatic heterocycles. The molecule has 0 saturated heterocycles. The Kier molecular flexibility index (Phi) is 34.5. The van der Waals surface area contributed by atoms with Crippen molar-refractivity contribution in [3.63, 3.8) is 0 Å². The molecule has 1 nitrogen and oxygen atoms in total. The second kappa shape index (κ2) is 34.7. The van der Waals surface area contributed by atoms with Crippen LogP contribution in [0.3, 0.4) is 0 Å². The summed E-state index contributed by atoms with van der Waals surface area (Å²) in [5.41, 5.74) is 0. The molecule has 38 heavy (non-hydrogen) atoms. The van der Waals surface area contributed by atoms with E-state index >= 15 is 0 Å². The standard InChI is InChI=1S/C37H75N/c1-4-6-8-10-12-14-16-18-20-22-24-26-28-30-32-34-36-38(3)37-35-33-31-29-27-25-23-21-19-17-15-13-11-9-7-5-2/h18,20H,4-17,19,21-37H2,1-3H3/b20-18-. The molecule has 0 spiro atoms. The molecule has 0 atom stereocenters. The molecule has 0 amide bonds. The maximum absolute atomic E-state index is 2.58. The maximum Gasteiger partial charge on any atom is -0.00218 e. The molecular weight excluding hydrogens is 458 g/mol. The lowest BCUT2D eigenvalue weighted by Crippen LogP contribution is -2.20. The number of hydrogen-bond acceptors (Lipinski definition) is 1. The van der Waals surface area contributed by atoms with Crippen LogP contribution in [0.25, 0.3) is 0 Å². The van der Waals surface area contributed by atoms with Crippen molar-refractivity contribution >= 4 is 0 Å². The van der Waals surface area contributed by atoms with E-state index < -0.39 is 0 Å². The Morgan fingerprint density at radius 2 is 0.553 bits per heavy atom. The fourth-order valence-corrected chi connectivity index (χ4v) is 5.67. The van der Waals surface area contributed by atoms with Gasteiger partial charge in [0.1, 0.15) is 0 Å². The fourth-order valence-electron chi connectivity index (χ4n) is 5.67. The monoisotopic (exact) mass is 534 g/mol. The quantitative estimate of drug-likeness (QED) is 0.0598. The molecular formula is C37H75N. The molecule has 0 aliphatic heterocycles. The van der Waals surface area contributed by atoms with Gasteiger partial charge in [0, 0.05) is 0 Å². The van der Waals surface area contributed by atoms with Gasteiger partial charge in [-0.05, 0) is 58.7 Å². The lowest BCUT2D eigenvalue weighted by Gasteiger charge is -2.16. The number of hydrogen-bond donors (Lipinski definition) is 0. The highest BCUT2D eigenvalue weighted by molar-refractivity contribution is 4.81. The highest BCUT2D eigenvalue weighted by Gasteiger charge is 1.99. The van der Waals surface area contributed by atoms with Gasteiger partial charge in [-0.2, -0.15) is 0 Å². The van der Waals surface area contributed by atoms with Gasteiger partial charge in [0.2, 0.25) is 0 Å². The van der Waals surface area contributed by atoms with Crippen LogP contribution in [0.1, 0.15) is 206 Å². The van der Waals surface area contributed by atoms with E-state index in [2.05, 4.69) is 37.9 Å². The SMILES string of the molecule is CCCCCCCC/C=C\CCCCCCCCN(C)CCCCCCCCCCCCCCCCCC. The van der Waals surface area contributed by atoms with Gasteiger partial charge in [-0.25, -0.2) is 0 Å². The molecule has 0 aliphatic carbocycles. The van der Waals surface area contributed by atoms with Crippen molar-refractivity contribution in [2.24, 2.45) is 0 Å². The van der Waals surface area contributed by atoms with Crippen LogP contribution in [0.15, 0.2) is 12.2 Å². The molecule has 0 heterocycles.